The Morgan fingerprint density at radius 3 is 1.96 bits per heavy atom. The number of hydrogen-bond donors (Lipinski definition) is 0. The van der Waals surface area contributed by atoms with Crippen LogP contribution < -0.4 is 38.6 Å². The van der Waals surface area contributed by atoms with Gasteiger partial charge in [-0.1, -0.05) is 18.2 Å². The van der Waals surface area contributed by atoms with Crippen molar-refractivity contribution in [3.05, 3.63) is 94.0 Å². The van der Waals surface area contributed by atoms with Crippen molar-refractivity contribution < 1.29 is 61.6 Å². The van der Waals surface area contributed by atoms with E-state index in [0.29, 0.717) is 78.8 Å². The highest BCUT2D eigenvalue weighted by molar-refractivity contribution is 5.67. The smallest absolute Gasteiger partial charge is 0.204 e. The fourth-order valence-electron chi connectivity index (χ4n) is 8.80. The van der Waals surface area contributed by atoms with Crippen molar-refractivity contribution in [3.8, 4) is 46.0 Å². The number of nitrogens with zero attached hydrogens (tertiary/aromatic N) is 2. The second kappa shape index (κ2) is 15.5. The van der Waals surface area contributed by atoms with Crippen molar-refractivity contribution in [1.29, 1.82) is 0 Å². The molecule has 0 amide bonds. The van der Waals surface area contributed by atoms with Gasteiger partial charge in [-0.25, -0.2) is 4.39 Å². The number of carbonyl (C=O) groups excluding carboxylic acids is 2. The van der Waals surface area contributed by atoms with Gasteiger partial charge in [0, 0.05) is 31.2 Å². The van der Waals surface area contributed by atoms with Gasteiger partial charge in [0.05, 0.1) is 66.0 Å². The van der Waals surface area contributed by atoms with E-state index in [1.807, 2.05) is 74.8 Å². The number of rotatable bonds is 10. The molecule has 0 spiro atoms. The minimum Gasteiger partial charge on any atom is -0.544 e. The fraction of sp³-hybridized carbons (Fsp3) is 0.395. The van der Waals surface area contributed by atoms with Crippen molar-refractivity contribution in [2.24, 2.45) is 0 Å². The zero-order valence-electron chi connectivity index (χ0n) is 32.4. The Kier molecular flexibility index (Phi) is 10.8. The highest BCUT2D eigenvalue weighted by Gasteiger charge is 2.45. The molecule has 0 saturated carbocycles. The Hall–Kier alpha value is -5.53. The standard InChI is InChI=1S/C43H47FN2O10/c1-45(24-39(47)48)15-12-28-21-35(52-4)37-23-31(28)32(45)18-26-6-9-30(10-7-26)55-36-20-27(8-11-34(36)51-3)19-33-41-29(13-16-46(33,2)25-40(49)50)22-38(53-5)42(43(41)56-37)54-17-14-44/h6-11,20-23,32-33H,12-19,24-25H2,1-5H3. The third-order valence-electron chi connectivity index (χ3n) is 11.7. The van der Waals surface area contributed by atoms with E-state index in [9.17, 15) is 24.2 Å². The van der Waals surface area contributed by atoms with Crippen LogP contribution in [0.4, 0.5) is 4.39 Å². The Bertz CT molecular complexity index is 2140. The summed E-state index contributed by atoms with van der Waals surface area (Å²) in [4.78, 5) is 24.7. The molecule has 56 heavy (non-hydrogen) atoms. The number of alkyl halides is 1. The summed E-state index contributed by atoms with van der Waals surface area (Å²) in [6.45, 7) is -0.555. The fourth-order valence-corrected chi connectivity index (χ4v) is 8.80. The minimum absolute atomic E-state index is 0.0622. The first-order valence-corrected chi connectivity index (χ1v) is 18.7. The first kappa shape index (κ1) is 38.7. The molecule has 0 aliphatic carbocycles. The summed E-state index contributed by atoms with van der Waals surface area (Å²) >= 11 is 0. The third-order valence-corrected chi connectivity index (χ3v) is 11.7. The van der Waals surface area contributed by atoms with Gasteiger partial charge in [-0.05, 0) is 64.7 Å². The van der Waals surface area contributed by atoms with E-state index in [1.165, 1.54) is 7.11 Å². The van der Waals surface area contributed by atoms with Crippen LogP contribution in [0.3, 0.4) is 0 Å². The molecule has 4 aliphatic heterocycles. The van der Waals surface area contributed by atoms with Crippen LogP contribution in [0, 0.1) is 0 Å². The molecule has 4 aliphatic rings. The average molecular weight is 771 g/mol. The van der Waals surface area contributed by atoms with Crippen molar-refractivity contribution >= 4 is 11.9 Å². The van der Waals surface area contributed by atoms with Gasteiger partial charge in [-0.3, -0.25) is 0 Å². The highest BCUT2D eigenvalue weighted by Crippen LogP contribution is 2.54. The first-order chi connectivity index (χ1) is 26.9. The Balaban J connectivity index is 1.53. The van der Waals surface area contributed by atoms with Gasteiger partial charge in [-0.15, -0.1) is 0 Å². The second-order valence-electron chi connectivity index (χ2n) is 15.3. The summed E-state index contributed by atoms with van der Waals surface area (Å²) < 4.78 is 51.2. The molecule has 4 atom stereocenters. The number of benzene rings is 4. The summed E-state index contributed by atoms with van der Waals surface area (Å²) in [6.07, 6.45) is 1.88. The largest absolute Gasteiger partial charge is 0.544 e. The van der Waals surface area contributed by atoms with E-state index in [1.54, 1.807) is 14.2 Å². The highest BCUT2D eigenvalue weighted by atomic mass is 19.1. The van der Waals surface area contributed by atoms with Crippen LogP contribution in [0.5, 0.6) is 46.0 Å². The molecule has 0 aromatic heterocycles. The van der Waals surface area contributed by atoms with E-state index in [4.69, 9.17) is 28.4 Å². The predicted molar refractivity (Wildman–Crippen MR) is 199 cm³/mol. The Labute approximate surface area is 325 Å². The molecule has 4 aromatic rings. The minimum atomic E-state index is -1.21. The molecule has 0 saturated heterocycles. The van der Waals surface area contributed by atoms with Gasteiger partial charge in [0.15, 0.2) is 34.5 Å². The monoisotopic (exact) mass is 770 g/mol. The number of carboxylic acids is 2. The number of aliphatic carboxylic acids is 2. The van der Waals surface area contributed by atoms with Crippen LogP contribution in [0.1, 0.15) is 45.5 Å². The van der Waals surface area contributed by atoms with Gasteiger partial charge < -0.3 is 57.2 Å². The number of halogens is 1. The number of hydrogen-bond acceptors (Lipinski definition) is 10. The van der Waals surface area contributed by atoms with Crippen LogP contribution in [-0.2, 0) is 35.3 Å². The molecule has 0 fully saturated rings. The predicted octanol–water partition coefficient (Wildman–Crippen LogP) is 4.03. The quantitative estimate of drug-likeness (QED) is 0.218. The number of quaternary nitrogens is 2. The van der Waals surface area contributed by atoms with E-state index < -0.39 is 24.7 Å². The molecule has 4 heterocycles. The lowest BCUT2D eigenvalue weighted by Gasteiger charge is -2.47. The molecule has 6 bridgehead atoms. The van der Waals surface area contributed by atoms with Gasteiger partial charge in [0.1, 0.15) is 44.2 Å². The lowest BCUT2D eigenvalue weighted by molar-refractivity contribution is -0.936. The zero-order valence-corrected chi connectivity index (χ0v) is 32.4. The van der Waals surface area contributed by atoms with Crippen LogP contribution >= 0.6 is 0 Å². The molecular weight excluding hydrogens is 723 g/mol. The van der Waals surface area contributed by atoms with E-state index in [0.717, 1.165) is 27.8 Å². The van der Waals surface area contributed by atoms with Crippen molar-refractivity contribution in [2.75, 3.05) is 74.9 Å². The van der Waals surface area contributed by atoms with Gasteiger partial charge >= 0.3 is 0 Å². The van der Waals surface area contributed by atoms with Crippen LogP contribution in [0.2, 0.25) is 0 Å². The van der Waals surface area contributed by atoms with Gasteiger partial charge in [-0.2, -0.15) is 0 Å². The van der Waals surface area contributed by atoms with Gasteiger partial charge in [0.2, 0.25) is 5.75 Å². The van der Waals surface area contributed by atoms with Crippen molar-refractivity contribution in [3.63, 3.8) is 0 Å². The average Bonchev–Trinajstić information content (AvgIpc) is 3.16. The van der Waals surface area contributed by atoms with E-state index in [-0.39, 0.29) is 46.2 Å². The molecule has 12 nitrogen and oxygen atoms in total. The van der Waals surface area contributed by atoms with Crippen LogP contribution in [0.25, 0.3) is 0 Å². The molecule has 0 N–H and O–H groups in total. The molecule has 296 valence electrons. The summed E-state index contributed by atoms with van der Waals surface area (Å²) in [5.74, 6) is 0.703. The molecule has 4 unspecified atom stereocenters. The number of fused-ring (bicyclic) bond motifs is 2. The number of ether oxygens (including phenoxy) is 6. The van der Waals surface area contributed by atoms with E-state index in [2.05, 4.69) is 0 Å². The van der Waals surface area contributed by atoms with Crippen molar-refractivity contribution in [2.45, 2.75) is 37.8 Å². The number of likely N-dealkylation sites (N-methyl/N-ethyl adjacent to an activating group) is 2. The Morgan fingerprint density at radius 2 is 1.32 bits per heavy atom. The maximum Gasteiger partial charge on any atom is 0.204 e. The molecule has 0 radical (unpaired) electrons. The summed E-state index contributed by atoms with van der Waals surface area (Å²) in [5.41, 5.74) is 5.22. The lowest BCUT2D eigenvalue weighted by Crippen LogP contribution is -2.56. The normalized spacial score (nSPS) is 22.3. The van der Waals surface area contributed by atoms with E-state index >= 15 is 0 Å². The molecule has 4 aromatic carbocycles. The van der Waals surface area contributed by atoms with Gasteiger partial charge in [0.25, 0.3) is 0 Å². The topological polar surface area (TPSA) is 136 Å². The SMILES string of the molecule is COc1ccc2cc1Oc1ccc(cc1)CC1c3cc(c(OC)cc3CC[N+]1(C)CC(=O)[O-])Oc1c(OCCF)c(OC)cc3c1C(C2)[N+](C)(CC(=O)[O-])CC3. The second-order valence-corrected chi connectivity index (χ2v) is 15.3. The number of carboxylic acid groups (broad SMARTS) is 2. The number of methoxy groups -OCH3 is 3. The Morgan fingerprint density at radius 1 is 0.732 bits per heavy atom. The van der Waals surface area contributed by atoms with Crippen LogP contribution in [0.15, 0.2) is 60.7 Å². The summed E-state index contributed by atoms with van der Waals surface area (Å²) in [7, 11) is 8.42. The molecule has 8 rings (SSSR count). The summed E-state index contributed by atoms with van der Waals surface area (Å²) in [6, 6.07) is 18.1. The maximum absolute atomic E-state index is 13.9. The zero-order chi connectivity index (χ0) is 39.8. The summed E-state index contributed by atoms with van der Waals surface area (Å²) in [5, 5.41) is 24.7. The van der Waals surface area contributed by atoms with Crippen LogP contribution in [-0.4, -0.2) is 95.8 Å². The molecular formula is C43H47FN2O10. The third kappa shape index (κ3) is 7.40. The lowest BCUT2D eigenvalue weighted by atomic mass is 9.85. The molecule has 13 heteroatoms. The maximum atomic E-state index is 13.9. The first-order valence-electron chi connectivity index (χ1n) is 18.7. The van der Waals surface area contributed by atoms with Crippen molar-refractivity contribution in [1.82, 2.24) is 0 Å². The number of carbonyl (C=O) groups is 2.